The molecule has 2 N–H and O–H groups in total. The third-order valence-corrected chi connectivity index (χ3v) is 3.34. The molecule has 21 heavy (non-hydrogen) atoms. The summed E-state index contributed by atoms with van der Waals surface area (Å²) in [4.78, 5) is 8.73. The van der Waals surface area contributed by atoms with Crippen molar-refractivity contribution in [2.75, 3.05) is 19.0 Å². The first kappa shape index (κ1) is 15.0. The Kier molecular flexibility index (Phi) is 4.58. The molecular formula is C17H21N3O. The van der Waals surface area contributed by atoms with Gasteiger partial charge in [-0.05, 0) is 55.7 Å². The van der Waals surface area contributed by atoms with E-state index >= 15 is 0 Å². The molecule has 0 spiro atoms. The number of aliphatic imine (C=N–C) groups is 2. The second-order valence-electron chi connectivity index (χ2n) is 5.19. The molecule has 0 unspecified atom stereocenters. The molecule has 1 aromatic rings. The van der Waals surface area contributed by atoms with Crippen molar-refractivity contribution in [3.63, 3.8) is 0 Å². The minimum atomic E-state index is 0.278. The maximum Gasteiger partial charge on any atom is 0.141 e. The predicted molar refractivity (Wildman–Crippen MR) is 89.8 cm³/mol. The molecule has 4 nitrogen and oxygen atoms in total. The van der Waals surface area contributed by atoms with Gasteiger partial charge in [-0.25, -0.2) is 0 Å². The smallest absolute Gasteiger partial charge is 0.141 e. The van der Waals surface area contributed by atoms with Crippen molar-refractivity contribution in [1.29, 1.82) is 0 Å². The predicted octanol–water partition coefficient (Wildman–Crippen LogP) is 3.41. The summed E-state index contributed by atoms with van der Waals surface area (Å²) < 4.78 is 0. The molecule has 0 atom stereocenters. The Balaban J connectivity index is 2.14. The number of aromatic hydroxyl groups is 1. The van der Waals surface area contributed by atoms with E-state index < -0.39 is 0 Å². The van der Waals surface area contributed by atoms with Crippen LogP contribution in [0, 0.1) is 13.8 Å². The van der Waals surface area contributed by atoms with Gasteiger partial charge in [0.15, 0.2) is 0 Å². The molecule has 0 amide bonds. The van der Waals surface area contributed by atoms with Crippen LogP contribution in [0.3, 0.4) is 0 Å². The molecule has 0 aliphatic heterocycles. The van der Waals surface area contributed by atoms with E-state index in [0.29, 0.717) is 12.4 Å². The minimum absolute atomic E-state index is 0.278. The number of nitrogens with zero attached hydrogens (tertiary/aromatic N) is 2. The summed E-state index contributed by atoms with van der Waals surface area (Å²) in [6.07, 6.45) is 5.98. The molecule has 1 aliphatic carbocycles. The molecule has 0 bridgehead atoms. The Hall–Kier alpha value is -2.36. The Labute approximate surface area is 125 Å². The maximum atomic E-state index is 10.0. The zero-order chi connectivity index (χ0) is 15.4. The van der Waals surface area contributed by atoms with E-state index in [4.69, 9.17) is 0 Å². The summed E-state index contributed by atoms with van der Waals surface area (Å²) in [6, 6.07) is 3.87. The van der Waals surface area contributed by atoms with E-state index in [1.807, 2.05) is 51.1 Å². The van der Waals surface area contributed by atoms with Crippen molar-refractivity contribution < 1.29 is 5.11 Å². The number of hydrogen-bond acceptors (Lipinski definition) is 4. The van der Waals surface area contributed by atoms with Crippen LogP contribution in [-0.4, -0.2) is 30.2 Å². The van der Waals surface area contributed by atoms with Crippen LogP contribution in [0.1, 0.15) is 18.1 Å². The highest BCUT2D eigenvalue weighted by Gasteiger charge is 2.08. The summed E-state index contributed by atoms with van der Waals surface area (Å²) in [7, 11) is 1.76. The third kappa shape index (κ3) is 3.60. The number of nitrogens with one attached hydrogen (secondary N) is 1. The summed E-state index contributed by atoms with van der Waals surface area (Å²) in [5.41, 5.74) is 5.54. The standard InChI is InChI=1S/C17H21N3O/c1-11-5-6-14(18-4)15(8-11)19-10-20-16-9-12(2)7-13(3)17(16)21/h5-9,20-21H,10H2,1-4H3/b18-14?,19-15-. The summed E-state index contributed by atoms with van der Waals surface area (Å²) in [5.74, 6) is 0.278. The van der Waals surface area contributed by atoms with Crippen LogP contribution in [0.2, 0.25) is 0 Å². The van der Waals surface area contributed by atoms with Crippen molar-refractivity contribution in [3.05, 3.63) is 47.1 Å². The summed E-state index contributed by atoms with van der Waals surface area (Å²) in [5, 5.41) is 13.2. The minimum Gasteiger partial charge on any atom is -0.506 e. The van der Waals surface area contributed by atoms with Gasteiger partial charge in [0.25, 0.3) is 0 Å². The maximum absolute atomic E-state index is 10.0. The average molecular weight is 283 g/mol. The van der Waals surface area contributed by atoms with E-state index in [0.717, 1.165) is 28.1 Å². The Morgan fingerprint density at radius 2 is 1.86 bits per heavy atom. The monoisotopic (exact) mass is 283 g/mol. The van der Waals surface area contributed by atoms with Gasteiger partial charge < -0.3 is 10.4 Å². The van der Waals surface area contributed by atoms with Gasteiger partial charge in [-0.3, -0.25) is 9.98 Å². The van der Waals surface area contributed by atoms with Crippen LogP contribution in [0.15, 0.2) is 45.9 Å². The van der Waals surface area contributed by atoms with Crippen LogP contribution >= 0.6 is 0 Å². The number of phenolic OH excluding ortho intramolecular Hbond substituents is 1. The molecule has 4 heteroatoms. The first-order chi connectivity index (χ1) is 10.0. The molecule has 0 fully saturated rings. The summed E-state index contributed by atoms with van der Waals surface area (Å²) in [6.45, 7) is 6.31. The zero-order valence-corrected chi connectivity index (χ0v) is 12.9. The number of rotatable bonds is 3. The SMILES string of the molecule is CN=C1C=CC(C)=C/C1=N/CNc1cc(C)cc(C)c1O. The Bertz CT molecular complexity index is 667. The molecule has 0 heterocycles. The topological polar surface area (TPSA) is 57.0 Å². The molecule has 110 valence electrons. The van der Waals surface area contributed by atoms with Crippen molar-refractivity contribution in [1.82, 2.24) is 0 Å². The molecule has 0 saturated carbocycles. The molecule has 1 aromatic carbocycles. The number of aryl methyl sites for hydroxylation is 2. The molecule has 2 rings (SSSR count). The summed E-state index contributed by atoms with van der Waals surface area (Å²) >= 11 is 0. The van der Waals surface area contributed by atoms with Crippen LogP contribution in [0.25, 0.3) is 0 Å². The number of anilines is 1. The lowest BCUT2D eigenvalue weighted by Crippen LogP contribution is -2.15. The van der Waals surface area contributed by atoms with E-state index in [1.54, 1.807) is 7.05 Å². The second kappa shape index (κ2) is 6.39. The van der Waals surface area contributed by atoms with Crippen molar-refractivity contribution in [2.24, 2.45) is 9.98 Å². The van der Waals surface area contributed by atoms with E-state index in [9.17, 15) is 5.11 Å². The van der Waals surface area contributed by atoms with Crippen molar-refractivity contribution >= 4 is 17.1 Å². The Morgan fingerprint density at radius 3 is 2.57 bits per heavy atom. The lowest BCUT2D eigenvalue weighted by Gasteiger charge is -2.12. The molecule has 0 aromatic heterocycles. The number of hydrogen-bond donors (Lipinski definition) is 2. The van der Waals surface area contributed by atoms with Gasteiger partial charge in [0.1, 0.15) is 12.4 Å². The quantitative estimate of drug-likeness (QED) is 0.660. The fraction of sp³-hybridized carbons (Fsp3) is 0.294. The highest BCUT2D eigenvalue weighted by molar-refractivity contribution is 6.51. The van der Waals surface area contributed by atoms with Crippen LogP contribution in [0.5, 0.6) is 5.75 Å². The van der Waals surface area contributed by atoms with Gasteiger partial charge in [0.05, 0.1) is 17.1 Å². The van der Waals surface area contributed by atoms with E-state index in [2.05, 4.69) is 15.3 Å². The highest BCUT2D eigenvalue weighted by Crippen LogP contribution is 2.28. The van der Waals surface area contributed by atoms with Gasteiger partial charge in [-0.2, -0.15) is 0 Å². The zero-order valence-electron chi connectivity index (χ0n) is 12.9. The van der Waals surface area contributed by atoms with Gasteiger partial charge in [0, 0.05) is 7.05 Å². The highest BCUT2D eigenvalue weighted by atomic mass is 16.3. The van der Waals surface area contributed by atoms with Crippen LogP contribution in [-0.2, 0) is 0 Å². The third-order valence-electron chi connectivity index (χ3n) is 3.34. The van der Waals surface area contributed by atoms with Crippen molar-refractivity contribution in [3.8, 4) is 5.75 Å². The largest absolute Gasteiger partial charge is 0.506 e. The number of phenols is 1. The van der Waals surface area contributed by atoms with Crippen LogP contribution < -0.4 is 5.32 Å². The van der Waals surface area contributed by atoms with E-state index in [-0.39, 0.29) is 5.75 Å². The van der Waals surface area contributed by atoms with E-state index in [1.165, 1.54) is 0 Å². The Morgan fingerprint density at radius 1 is 1.10 bits per heavy atom. The number of allylic oxidation sites excluding steroid dienone is 4. The fourth-order valence-electron chi connectivity index (χ4n) is 2.25. The van der Waals surface area contributed by atoms with Gasteiger partial charge in [-0.15, -0.1) is 0 Å². The fourth-order valence-corrected chi connectivity index (χ4v) is 2.25. The molecular weight excluding hydrogens is 262 g/mol. The van der Waals surface area contributed by atoms with Crippen molar-refractivity contribution in [2.45, 2.75) is 20.8 Å². The lowest BCUT2D eigenvalue weighted by molar-refractivity contribution is 0.473. The molecule has 0 radical (unpaired) electrons. The first-order valence-electron chi connectivity index (χ1n) is 6.93. The molecule has 1 aliphatic rings. The average Bonchev–Trinajstić information content (AvgIpc) is 2.44. The first-order valence-corrected chi connectivity index (χ1v) is 6.93. The van der Waals surface area contributed by atoms with Gasteiger partial charge >= 0.3 is 0 Å². The van der Waals surface area contributed by atoms with Crippen LogP contribution in [0.4, 0.5) is 5.69 Å². The van der Waals surface area contributed by atoms with Gasteiger partial charge in [-0.1, -0.05) is 12.1 Å². The second-order valence-corrected chi connectivity index (χ2v) is 5.19. The number of benzene rings is 1. The lowest BCUT2D eigenvalue weighted by atomic mass is 10.0. The molecule has 0 saturated heterocycles. The normalized spacial score (nSPS) is 18.2. The van der Waals surface area contributed by atoms with Gasteiger partial charge in [0.2, 0.25) is 0 Å².